The molecule has 2 heterocycles. The van der Waals surface area contributed by atoms with E-state index in [0.717, 1.165) is 15.6 Å². The smallest absolute Gasteiger partial charge is 0.323 e. The summed E-state index contributed by atoms with van der Waals surface area (Å²) in [4.78, 5) is 20.0. The second-order valence-corrected chi connectivity index (χ2v) is 9.87. The fourth-order valence-electron chi connectivity index (χ4n) is 4.01. The van der Waals surface area contributed by atoms with Gasteiger partial charge in [-0.25, -0.2) is 0 Å². The Hall–Kier alpha value is -2.66. The summed E-state index contributed by atoms with van der Waals surface area (Å²) in [6.45, 7) is 5.34. The van der Waals surface area contributed by atoms with E-state index in [4.69, 9.17) is 14.3 Å². The summed E-state index contributed by atoms with van der Waals surface area (Å²) in [6.07, 6.45) is -0.0446. The van der Waals surface area contributed by atoms with E-state index in [-0.39, 0.29) is 12.0 Å². The highest BCUT2D eigenvalue weighted by Crippen LogP contribution is 2.26. The van der Waals surface area contributed by atoms with Crippen molar-refractivity contribution in [1.82, 2.24) is 9.37 Å². The van der Waals surface area contributed by atoms with Crippen molar-refractivity contribution in [3.8, 4) is 5.75 Å². The Balaban J connectivity index is 1.45. The largest absolute Gasteiger partial charge is 0.486 e. The monoisotopic (exact) mass is 475 g/mol. The number of hydrogen-bond donors (Lipinski definition) is 1. The molecule has 2 atom stereocenters. The molecule has 1 amide bonds. The van der Waals surface area contributed by atoms with Crippen molar-refractivity contribution in [3.05, 3.63) is 59.2 Å². The average Bonchev–Trinajstić information content (AvgIpc) is 3.46. The highest BCUT2D eigenvalue weighted by atomic mass is 32.2. The Morgan fingerprint density at radius 2 is 1.91 bits per heavy atom. The number of rotatable bonds is 7. The second-order valence-electron chi connectivity index (χ2n) is 8.31. The molecule has 33 heavy (non-hydrogen) atoms. The number of ether oxygens (including phenoxy) is 2. The second kappa shape index (κ2) is 9.68. The summed E-state index contributed by atoms with van der Waals surface area (Å²) in [5.74, 6) is 0.419. The van der Waals surface area contributed by atoms with Gasteiger partial charge in [0.15, 0.2) is 0 Å². The highest BCUT2D eigenvalue weighted by molar-refractivity contribution is 7.90. The van der Waals surface area contributed by atoms with Crippen LogP contribution in [0.25, 0.3) is 0 Å². The van der Waals surface area contributed by atoms with Gasteiger partial charge < -0.3 is 14.4 Å². The third kappa shape index (κ3) is 5.30. The molecule has 2 saturated heterocycles. The van der Waals surface area contributed by atoms with Gasteiger partial charge in [0.1, 0.15) is 18.0 Å². The van der Waals surface area contributed by atoms with E-state index >= 15 is 0 Å². The molecule has 2 aromatic rings. The molecule has 0 aromatic heterocycles. The minimum Gasteiger partial charge on any atom is -0.486 e. The zero-order chi connectivity index (χ0) is 23.6. The van der Waals surface area contributed by atoms with Gasteiger partial charge in [-0.1, -0.05) is 28.2 Å². The number of carbonyl (C=O) groups is 1. The first-order chi connectivity index (χ1) is 15.8. The van der Waals surface area contributed by atoms with Crippen molar-refractivity contribution >= 4 is 21.8 Å². The van der Waals surface area contributed by atoms with Crippen LogP contribution in [0.3, 0.4) is 0 Å². The van der Waals surface area contributed by atoms with E-state index in [9.17, 15) is 13.2 Å². The van der Waals surface area contributed by atoms with Crippen LogP contribution in [0.4, 0.5) is 5.69 Å². The van der Waals surface area contributed by atoms with Gasteiger partial charge in [-0.15, -0.1) is 0 Å². The number of amides is 1. The summed E-state index contributed by atoms with van der Waals surface area (Å²) < 4.78 is 40.1. The standard InChI is InChI=1S/C23H29N3O6S/c1-16-8-9-17(2)20(12-16)23(27)25-14-21(30-3)22(15-25)32-19-7-4-6-18(13-19)24-33(28,29)26-10-5-11-31-26/h4,6-9,12-13,21-22,24H,5,10-11,14-15H2,1-3H3. The molecular weight excluding hydrogens is 446 g/mol. The van der Waals surface area contributed by atoms with Gasteiger partial charge in [0.05, 0.1) is 25.4 Å². The van der Waals surface area contributed by atoms with E-state index in [1.54, 1.807) is 36.3 Å². The predicted octanol–water partition coefficient (Wildman–Crippen LogP) is 2.52. The van der Waals surface area contributed by atoms with Crippen LogP contribution in [-0.2, 0) is 19.8 Å². The number of nitrogens with zero attached hydrogens (tertiary/aromatic N) is 2. The third-order valence-electron chi connectivity index (χ3n) is 5.79. The molecule has 1 N–H and O–H groups in total. The summed E-state index contributed by atoms with van der Waals surface area (Å²) >= 11 is 0. The molecule has 2 aliphatic heterocycles. The molecular formula is C23H29N3O6S. The van der Waals surface area contributed by atoms with Gasteiger partial charge in [-0.3, -0.25) is 14.4 Å². The molecule has 2 fully saturated rings. The number of benzene rings is 2. The van der Waals surface area contributed by atoms with Gasteiger partial charge in [0.25, 0.3) is 5.91 Å². The molecule has 4 rings (SSSR count). The van der Waals surface area contributed by atoms with Crippen LogP contribution in [-0.4, -0.2) is 69.3 Å². The topological polar surface area (TPSA) is 97.4 Å². The van der Waals surface area contributed by atoms with Gasteiger partial charge in [0.2, 0.25) is 0 Å². The molecule has 2 unspecified atom stereocenters. The number of carbonyl (C=O) groups excluding carboxylic acids is 1. The van der Waals surface area contributed by atoms with Crippen molar-refractivity contribution in [2.45, 2.75) is 32.5 Å². The maximum atomic E-state index is 13.1. The maximum Gasteiger partial charge on any atom is 0.323 e. The minimum atomic E-state index is -3.80. The lowest BCUT2D eigenvalue weighted by molar-refractivity contribution is -0.0277. The highest BCUT2D eigenvalue weighted by Gasteiger charge is 2.38. The summed E-state index contributed by atoms with van der Waals surface area (Å²) in [7, 11) is -2.21. The molecule has 178 valence electrons. The SMILES string of the molecule is COC1CN(C(=O)c2cc(C)ccc2C)CC1Oc1cccc(NS(=O)(=O)N2CCCO2)c1. The zero-order valence-electron chi connectivity index (χ0n) is 19.0. The summed E-state index contributed by atoms with van der Waals surface area (Å²) in [5.41, 5.74) is 2.98. The van der Waals surface area contributed by atoms with Gasteiger partial charge >= 0.3 is 10.2 Å². The minimum absolute atomic E-state index is 0.0588. The number of methoxy groups -OCH3 is 1. The van der Waals surface area contributed by atoms with E-state index in [1.165, 1.54) is 0 Å². The fourth-order valence-corrected chi connectivity index (χ4v) is 5.12. The first kappa shape index (κ1) is 23.5. The van der Waals surface area contributed by atoms with Crippen molar-refractivity contribution in [2.24, 2.45) is 0 Å². The van der Waals surface area contributed by atoms with Crippen LogP contribution >= 0.6 is 0 Å². The lowest BCUT2D eigenvalue weighted by Crippen LogP contribution is -2.33. The average molecular weight is 476 g/mol. The van der Waals surface area contributed by atoms with Crippen molar-refractivity contribution in [3.63, 3.8) is 0 Å². The van der Waals surface area contributed by atoms with E-state index in [1.807, 2.05) is 32.0 Å². The fraction of sp³-hybridized carbons (Fsp3) is 0.435. The van der Waals surface area contributed by atoms with E-state index in [2.05, 4.69) is 4.72 Å². The molecule has 0 radical (unpaired) electrons. The van der Waals surface area contributed by atoms with E-state index < -0.39 is 16.3 Å². The number of anilines is 1. The first-order valence-corrected chi connectivity index (χ1v) is 12.3. The van der Waals surface area contributed by atoms with Crippen LogP contribution in [0, 0.1) is 13.8 Å². The molecule has 0 spiro atoms. The van der Waals surface area contributed by atoms with Gasteiger partial charge in [-0.05, 0) is 44.0 Å². The van der Waals surface area contributed by atoms with Crippen LogP contribution in [0.2, 0.25) is 0 Å². The quantitative estimate of drug-likeness (QED) is 0.661. The van der Waals surface area contributed by atoms with Gasteiger partial charge in [-0.2, -0.15) is 8.42 Å². The molecule has 0 aliphatic carbocycles. The zero-order valence-corrected chi connectivity index (χ0v) is 19.8. The Labute approximate surface area is 194 Å². The predicted molar refractivity (Wildman–Crippen MR) is 123 cm³/mol. The van der Waals surface area contributed by atoms with Crippen molar-refractivity contribution in [1.29, 1.82) is 0 Å². The van der Waals surface area contributed by atoms with Crippen molar-refractivity contribution in [2.75, 3.05) is 38.1 Å². The Bertz CT molecular complexity index is 1120. The molecule has 2 aromatic carbocycles. The molecule has 10 heteroatoms. The lowest BCUT2D eigenvalue weighted by Gasteiger charge is -2.20. The third-order valence-corrected chi connectivity index (χ3v) is 7.10. The van der Waals surface area contributed by atoms with Crippen LogP contribution < -0.4 is 9.46 Å². The Kier molecular flexibility index (Phi) is 6.89. The molecule has 9 nitrogen and oxygen atoms in total. The Morgan fingerprint density at radius 1 is 1.12 bits per heavy atom. The summed E-state index contributed by atoms with van der Waals surface area (Å²) in [6, 6.07) is 12.5. The van der Waals surface area contributed by atoms with Crippen molar-refractivity contribution < 1.29 is 27.5 Å². The van der Waals surface area contributed by atoms with Crippen LogP contribution in [0.1, 0.15) is 27.9 Å². The van der Waals surface area contributed by atoms with Crippen LogP contribution in [0.5, 0.6) is 5.75 Å². The molecule has 0 saturated carbocycles. The molecule has 2 aliphatic rings. The Morgan fingerprint density at radius 3 is 2.64 bits per heavy atom. The molecule has 0 bridgehead atoms. The number of hydroxylamine groups is 1. The number of nitrogens with one attached hydrogen (secondary N) is 1. The van der Waals surface area contributed by atoms with E-state index in [0.29, 0.717) is 49.7 Å². The lowest BCUT2D eigenvalue weighted by atomic mass is 10.0. The van der Waals surface area contributed by atoms with Gasteiger partial charge in [0, 0.05) is 25.3 Å². The first-order valence-electron chi connectivity index (χ1n) is 10.9. The maximum absolute atomic E-state index is 13.1. The normalized spacial score (nSPS) is 21.4. The summed E-state index contributed by atoms with van der Waals surface area (Å²) in [5, 5.41) is 0. The number of aryl methyl sites for hydroxylation is 2. The number of hydrogen-bond acceptors (Lipinski definition) is 6. The number of likely N-dealkylation sites (tertiary alicyclic amines) is 1. The van der Waals surface area contributed by atoms with Crippen LogP contribution in [0.15, 0.2) is 42.5 Å².